The molecule has 1 fully saturated rings. The van der Waals surface area contributed by atoms with Crippen molar-refractivity contribution in [2.24, 2.45) is 5.92 Å². The summed E-state index contributed by atoms with van der Waals surface area (Å²) in [5.74, 6) is 0.475. The van der Waals surface area contributed by atoms with Crippen molar-refractivity contribution in [3.8, 4) is 0 Å². The Morgan fingerprint density at radius 2 is 2.08 bits per heavy atom. The predicted octanol–water partition coefficient (Wildman–Crippen LogP) is 4.62. The number of nitrogens with zero attached hydrogens (tertiary/aromatic N) is 1. The summed E-state index contributed by atoms with van der Waals surface area (Å²) in [6.45, 7) is 1.70. The van der Waals surface area contributed by atoms with Crippen LogP contribution in [0, 0.1) is 5.92 Å². The normalized spacial score (nSPS) is 20.9. The lowest BCUT2D eigenvalue weighted by Gasteiger charge is -2.12. The quantitative estimate of drug-likeness (QED) is 0.695. The summed E-state index contributed by atoms with van der Waals surface area (Å²) in [7, 11) is 0. The Balaban J connectivity index is 1.40. The number of aromatic nitrogens is 2. The lowest BCUT2D eigenvalue weighted by Crippen LogP contribution is -2.28. The van der Waals surface area contributed by atoms with E-state index < -0.39 is 17.1 Å². The van der Waals surface area contributed by atoms with Gasteiger partial charge in [0.05, 0.1) is 17.1 Å². The van der Waals surface area contributed by atoms with Gasteiger partial charge in [-0.3, -0.25) is 4.79 Å². The van der Waals surface area contributed by atoms with E-state index >= 15 is 0 Å². The average molecular weight is 379 g/mol. The number of hydrogen-bond donors (Lipinski definition) is 2. The fraction of sp³-hybridized carbons (Fsp3) is 0.333. The molecule has 4 nitrogen and oxygen atoms in total. The van der Waals surface area contributed by atoms with Gasteiger partial charge >= 0.3 is 6.18 Å². The zero-order valence-electron chi connectivity index (χ0n) is 13.8. The molecule has 0 radical (unpaired) electrons. The van der Waals surface area contributed by atoms with E-state index in [0.717, 1.165) is 22.9 Å². The van der Waals surface area contributed by atoms with Gasteiger partial charge in [0.25, 0.3) is 0 Å². The van der Waals surface area contributed by atoms with Crippen molar-refractivity contribution in [1.82, 2.24) is 15.3 Å². The summed E-state index contributed by atoms with van der Waals surface area (Å²) < 4.78 is 38.1. The Kier molecular flexibility index (Phi) is 4.02. The third-order valence-corrected chi connectivity index (χ3v) is 5.89. The van der Waals surface area contributed by atoms with Gasteiger partial charge in [-0.1, -0.05) is 12.1 Å². The minimum atomic E-state index is -4.35. The van der Waals surface area contributed by atoms with E-state index in [1.807, 2.05) is 24.3 Å². The van der Waals surface area contributed by atoms with Crippen molar-refractivity contribution in [1.29, 1.82) is 0 Å². The molecule has 8 heteroatoms. The SMILES string of the molecule is C[C@@H](NC(=O)[C@H]1C[C@@H]1c1nc2ccccc2[nH]1)c1ccc(C(F)(F)F)s1. The highest BCUT2D eigenvalue weighted by Gasteiger charge is 2.46. The number of nitrogens with one attached hydrogen (secondary N) is 2. The lowest BCUT2D eigenvalue weighted by molar-refractivity contribution is -0.134. The van der Waals surface area contributed by atoms with E-state index in [1.54, 1.807) is 6.92 Å². The number of imidazole rings is 1. The smallest absolute Gasteiger partial charge is 0.349 e. The number of H-pyrrole nitrogens is 1. The number of carbonyl (C=O) groups is 1. The minimum absolute atomic E-state index is 0.0312. The van der Waals surface area contributed by atoms with Crippen LogP contribution in [0.3, 0.4) is 0 Å². The molecule has 1 saturated carbocycles. The maximum Gasteiger partial charge on any atom is 0.425 e. The number of carbonyl (C=O) groups excluding carboxylic acids is 1. The number of amides is 1. The molecular weight excluding hydrogens is 363 g/mol. The van der Waals surface area contributed by atoms with Crippen LogP contribution >= 0.6 is 11.3 Å². The third-order valence-electron chi connectivity index (χ3n) is 4.58. The fourth-order valence-corrected chi connectivity index (χ4v) is 3.94. The molecule has 0 unspecified atom stereocenters. The summed E-state index contributed by atoms with van der Waals surface area (Å²) in [5.41, 5.74) is 1.79. The Labute approximate surface area is 151 Å². The second-order valence-corrected chi connectivity index (χ2v) is 7.63. The van der Waals surface area contributed by atoms with Crippen LogP contribution in [0.1, 0.15) is 40.9 Å². The Bertz CT molecular complexity index is 929. The number of thiophene rings is 1. The molecule has 136 valence electrons. The van der Waals surface area contributed by atoms with E-state index in [4.69, 9.17) is 0 Å². The second kappa shape index (κ2) is 6.12. The van der Waals surface area contributed by atoms with Crippen LogP contribution in [0.2, 0.25) is 0 Å². The molecule has 1 amide bonds. The molecule has 0 saturated heterocycles. The van der Waals surface area contributed by atoms with Crippen molar-refractivity contribution in [2.75, 3.05) is 0 Å². The molecule has 0 bridgehead atoms. The standard InChI is InChI=1S/C18H16F3N3OS/c1-9(14-6-7-15(26-14)18(19,20)21)22-17(25)11-8-10(11)16-23-12-4-2-3-5-13(12)24-16/h2-7,9-11H,8H2,1H3,(H,22,25)(H,23,24)/t9-,10+,11+/m1/s1. The summed E-state index contributed by atoms with van der Waals surface area (Å²) >= 11 is 0.664. The van der Waals surface area contributed by atoms with Crippen molar-refractivity contribution >= 4 is 28.3 Å². The van der Waals surface area contributed by atoms with E-state index in [0.29, 0.717) is 22.6 Å². The molecule has 3 aromatic rings. The summed E-state index contributed by atoms with van der Waals surface area (Å²) in [5, 5.41) is 2.82. The van der Waals surface area contributed by atoms with Gasteiger partial charge in [0.15, 0.2) is 0 Å². The first-order valence-electron chi connectivity index (χ1n) is 8.25. The lowest BCUT2D eigenvalue weighted by atomic mass is 10.2. The zero-order chi connectivity index (χ0) is 18.5. The molecular formula is C18H16F3N3OS. The molecule has 2 heterocycles. The van der Waals surface area contributed by atoms with Crippen LogP contribution < -0.4 is 5.32 Å². The van der Waals surface area contributed by atoms with Gasteiger partial charge in [-0.15, -0.1) is 11.3 Å². The van der Waals surface area contributed by atoms with E-state index in [2.05, 4.69) is 15.3 Å². The van der Waals surface area contributed by atoms with Crippen molar-refractivity contribution < 1.29 is 18.0 Å². The second-order valence-electron chi connectivity index (χ2n) is 6.52. The Morgan fingerprint density at radius 1 is 1.31 bits per heavy atom. The van der Waals surface area contributed by atoms with E-state index in [-0.39, 0.29) is 17.7 Å². The number of para-hydroxylation sites is 2. The van der Waals surface area contributed by atoms with Crippen LogP contribution in [-0.4, -0.2) is 15.9 Å². The van der Waals surface area contributed by atoms with Crippen molar-refractivity contribution in [3.63, 3.8) is 0 Å². The Morgan fingerprint density at radius 3 is 2.77 bits per heavy atom. The van der Waals surface area contributed by atoms with E-state index in [9.17, 15) is 18.0 Å². The predicted molar refractivity (Wildman–Crippen MR) is 92.8 cm³/mol. The fourth-order valence-electron chi connectivity index (χ4n) is 3.06. The van der Waals surface area contributed by atoms with Crippen LogP contribution in [0.25, 0.3) is 11.0 Å². The molecule has 26 heavy (non-hydrogen) atoms. The van der Waals surface area contributed by atoms with Gasteiger partial charge in [-0.05, 0) is 37.6 Å². The zero-order valence-corrected chi connectivity index (χ0v) is 14.6. The van der Waals surface area contributed by atoms with Gasteiger partial charge in [0, 0.05) is 16.7 Å². The summed E-state index contributed by atoms with van der Waals surface area (Å²) in [6.07, 6.45) is -3.66. The maximum absolute atomic E-state index is 12.7. The molecule has 1 aliphatic rings. The molecule has 1 aromatic carbocycles. The highest BCUT2D eigenvalue weighted by Crippen LogP contribution is 2.47. The van der Waals surface area contributed by atoms with Gasteiger partial charge in [0.1, 0.15) is 10.7 Å². The van der Waals surface area contributed by atoms with Crippen molar-refractivity contribution in [2.45, 2.75) is 31.5 Å². The number of fused-ring (bicyclic) bond motifs is 1. The van der Waals surface area contributed by atoms with Gasteiger partial charge < -0.3 is 10.3 Å². The molecule has 0 spiro atoms. The van der Waals surface area contributed by atoms with Crippen molar-refractivity contribution in [3.05, 3.63) is 52.0 Å². The monoisotopic (exact) mass is 379 g/mol. The summed E-state index contributed by atoms with van der Waals surface area (Å²) in [6, 6.07) is 9.67. The molecule has 4 rings (SSSR count). The topological polar surface area (TPSA) is 57.8 Å². The van der Waals surface area contributed by atoms with Gasteiger partial charge in [-0.25, -0.2) is 4.98 Å². The van der Waals surface area contributed by atoms with Crippen LogP contribution in [-0.2, 0) is 11.0 Å². The number of alkyl halides is 3. The van der Waals surface area contributed by atoms with Crippen LogP contribution in [0.15, 0.2) is 36.4 Å². The van der Waals surface area contributed by atoms with Gasteiger partial charge in [0.2, 0.25) is 5.91 Å². The molecule has 0 aliphatic heterocycles. The van der Waals surface area contributed by atoms with Crippen LogP contribution in [0.4, 0.5) is 13.2 Å². The number of halogens is 3. The molecule has 1 aliphatic carbocycles. The molecule has 2 N–H and O–H groups in total. The van der Waals surface area contributed by atoms with Gasteiger partial charge in [-0.2, -0.15) is 13.2 Å². The number of aromatic amines is 1. The summed E-state index contributed by atoms with van der Waals surface area (Å²) in [4.78, 5) is 20.0. The molecule has 3 atom stereocenters. The van der Waals surface area contributed by atoms with E-state index in [1.165, 1.54) is 6.07 Å². The Hall–Kier alpha value is -2.35. The highest BCUT2D eigenvalue weighted by atomic mass is 32.1. The highest BCUT2D eigenvalue weighted by molar-refractivity contribution is 7.12. The first kappa shape index (κ1) is 17.1. The first-order valence-corrected chi connectivity index (χ1v) is 9.06. The average Bonchev–Trinajstić information content (AvgIpc) is 3.04. The minimum Gasteiger partial charge on any atom is -0.349 e. The first-order chi connectivity index (χ1) is 12.3. The maximum atomic E-state index is 12.7. The number of hydrogen-bond acceptors (Lipinski definition) is 3. The number of rotatable bonds is 4. The molecule has 2 aromatic heterocycles. The number of benzene rings is 1. The third kappa shape index (κ3) is 3.21. The largest absolute Gasteiger partial charge is 0.425 e. The van der Waals surface area contributed by atoms with Crippen LogP contribution in [0.5, 0.6) is 0 Å².